The summed E-state index contributed by atoms with van der Waals surface area (Å²) in [5, 5.41) is 0.658. The smallest absolute Gasteiger partial charge is 0.153 e. The maximum atomic E-state index is 7.11. The first-order valence-electron chi connectivity index (χ1n) is 10.2. The van der Waals surface area contributed by atoms with Crippen LogP contribution in [0.4, 0.5) is 0 Å². The first kappa shape index (κ1) is 20.5. The van der Waals surface area contributed by atoms with Crippen molar-refractivity contribution in [1.82, 2.24) is 4.90 Å². The SMILES string of the molecule is Cc1ccc(C2=C(Cl)C(=CCN(C)C)[C@@H](c3ccccc3)c3ccccc3O2)cc1. The number of ether oxygens (including phenoxy) is 1. The van der Waals surface area contributed by atoms with Crippen LogP contribution in [0.25, 0.3) is 5.76 Å². The Labute approximate surface area is 184 Å². The molecular weight excluding hydrogens is 390 g/mol. The Morgan fingerprint density at radius 3 is 2.27 bits per heavy atom. The Morgan fingerprint density at radius 1 is 0.900 bits per heavy atom. The summed E-state index contributed by atoms with van der Waals surface area (Å²) in [5.74, 6) is 1.54. The first-order chi connectivity index (χ1) is 14.5. The van der Waals surface area contributed by atoms with Gasteiger partial charge in [0.1, 0.15) is 5.75 Å². The summed E-state index contributed by atoms with van der Waals surface area (Å²) in [6.07, 6.45) is 2.22. The topological polar surface area (TPSA) is 12.5 Å². The Morgan fingerprint density at radius 2 is 1.57 bits per heavy atom. The van der Waals surface area contributed by atoms with E-state index in [1.165, 1.54) is 11.1 Å². The van der Waals surface area contributed by atoms with Gasteiger partial charge in [0.15, 0.2) is 5.76 Å². The predicted octanol–water partition coefficient (Wildman–Crippen LogP) is 6.61. The minimum atomic E-state index is -0.00204. The average Bonchev–Trinajstić information content (AvgIpc) is 2.88. The van der Waals surface area contributed by atoms with E-state index < -0.39 is 0 Å². The van der Waals surface area contributed by atoms with Gasteiger partial charge in [-0.25, -0.2) is 0 Å². The minimum Gasteiger partial charge on any atom is -0.455 e. The average molecular weight is 416 g/mol. The van der Waals surface area contributed by atoms with Crippen LogP contribution in [0, 0.1) is 6.92 Å². The molecule has 1 heterocycles. The molecule has 0 saturated carbocycles. The molecule has 3 heteroatoms. The Bertz CT molecular complexity index is 1080. The van der Waals surface area contributed by atoms with Gasteiger partial charge in [0, 0.05) is 23.6 Å². The highest BCUT2D eigenvalue weighted by molar-refractivity contribution is 6.35. The molecule has 1 atom stereocenters. The fourth-order valence-electron chi connectivity index (χ4n) is 3.78. The van der Waals surface area contributed by atoms with Gasteiger partial charge < -0.3 is 9.64 Å². The van der Waals surface area contributed by atoms with E-state index in [4.69, 9.17) is 16.3 Å². The van der Waals surface area contributed by atoms with Crippen LogP contribution in [0.2, 0.25) is 0 Å². The molecule has 0 aromatic heterocycles. The van der Waals surface area contributed by atoms with Gasteiger partial charge >= 0.3 is 0 Å². The van der Waals surface area contributed by atoms with E-state index >= 15 is 0 Å². The van der Waals surface area contributed by atoms with Gasteiger partial charge in [-0.1, -0.05) is 96.0 Å². The van der Waals surface area contributed by atoms with Crippen molar-refractivity contribution in [3.05, 3.63) is 118 Å². The molecule has 152 valence electrons. The lowest BCUT2D eigenvalue weighted by Gasteiger charge is -2.21. The van der Waals surface area contributed by atoms with Crippen molar-refractivity contribution in [3.8, 4) is 5.75 Å². The van der Waals surface area contributed by atoms with Crippen LogP contribution in [0.15, 0.2) is 95.5 Å². The lowest BCUT2D eigenvalue weighted by atomic mass is 9.84. The van der Waals surface area contributed by atoms with E-state index in [2.05, 4.69) is 92.7 Å². The van der Waals surface area contributed by atoms with Gasteiger partial charge in [-0.15, -0.1) is 0 Å². The van der Waals surface area contributed by atoms with Gasteiger partial charge in [0.05, 0.1) is 5.03 Å². The van der Waals surface area contributed by atoms with Gasteiger partial charge in [0.25, 0.3) is 0 Å². The molecule has 0 unspecified atom stereocenters. The Kier molecular flexibility index (Phi) is 6.08. The molecule has 0 amide bonds. The molecule has 0 radical (unpaired) electrons. The molecule has 3 aromatic carbocycles. The quantitative estimate of drug-likeness (QED) is 0.475. The molecular formula is C27H26ClNO. The van der Waals surface area contributed by atoms with Gasteiger partial charge in [-0.05, 0) is 38.2 Å². The maximum Gasteiger partial charge on any atom is 0.153 e. The normalized spacial score (nSPS) is 17.6. The second-order valence-electron chi connectivity index (χ2n) is 7.91. The molecule has 0 N–H and O–H groups in total. The molecule has 2 nitrogen and oxygen atoms in total. The summed E-state index contributed by atoms with van der Waals surface area (Å²) in [6, 6.07) is 27.1. The van der Waals surface area contributed by atoms with Crippen LogP contribution < -0.4 is 4.74 Å². The summed E-state index contributed by atoms with van der Waals surface area (Å²) in [5.41, 5.74) is 5.56. The molecule has 1 aliphatic rings. The van der Waals surface area contributed by atoms with E-state index in [9.17, 15) is 0 Å². The van der Waals surface area contributed by atoms with Gasteiger partial charge in [-0.2, -0.15) is 0 Å². The molecule has 3 aromatic rings. The van der Waals surface area contributed by atoms with Crippen LogP contribution in [0.3, 0.4) is 0 Å². The zero-order chi connectivity index (χ0) is 21.1. The third kappa shape index (κ3) is 4.21. The largest absolute Gasteiger partial charge is 0.455 e. The van der Waals surface area contributed by atoms with E-state index in [0.29, 0.717) is 10.8 Å². The van der Waals surface area contributed by atoms with Crippen molar-refractivity contribution < 1.29 is 4.74 Å². The number of benzene rings is 3. The molecule has 0 fully saturated rings. The number of halogens is 1. The number of allylic oxidation sites excluding steroid dienone is 2. The summed E-state index contributed by atoms with van der Waals surface area (Å²) < 4.78 is 6.48. The van der Waals surface area contributed by atoms with Crippen LogP contribution in [0.5, 0.6) is 5.75 Å². The molecule has 4 rings (SSSR count). The lowest BCUT2D eigenvalue weighted by molar-refractivity contribution is 0.455. The highest BCUT2D eigenvalue weighted by Gasteiger charge is 2.30. The molecule has 0 aliphatic carbocycles. The highest BCUT2D eigenvalue weighted by atomic mass is 35.5. The number of likely N-dealkylation sites (N-methyl/N-ethyl adjacent to an activating group) is 1. The van der Waals surface area contributed by atoms with Crippen LogP contribution in [-0.2, 0) is 0 Å². The number of rotatable bonds is 4. The van der Waals surface area contributed by atoms with Crippen LogP contribution in [0.1, 0.15) is 28.2 Å². The Hall–Kier alpha value is -2.81. The number of nitrogens with zero attached hydrogens (tertiary/aromatic N) is 1. The number of fused-ring (bicyclic) bond motifs is 1. The van der Waals surface area contributed by atoms with E-state index in [1.807, 2.05) is 18.2 Å². The fourth-order valence-corrected chi connectivity index (χ4v) is 4.11. The number of hydrogen-bond donors (Lipinski definition) is 0. The van der Waals surface area contributed by atoms with E-state index in [1.54, 1.807) is 0 Å². The van der Waals surface area contributed by atoms with Crippen molar-refractivity contribution >= 4 is 17.4 Å². The third-order valence-electron chi connectivity index (χ3n) is 5.33. The zero-order valence-corrected chi connectivity index (χ0v) is 18.4. The molecule has 1 aliphatic heterocycles. The van der Waals surface area contributed by atoms with Crippen molar-refractivity contribution in [2.24, 2.45) is 0 Å². The molecule has 0 spiro atoms. The first-order valence-corrected chi connectivity index (χ1v) is 10.6. The highest BCUT2D eigenvalue weighted by Crippen LogP contribution is 2.47. The van der Waals surface area contributed by atoms with Crippen molar-refractivity contribution in [2.45, 2.75) is 12.8 Å². The molecule has 30 heavy (non-hydrogen) atoms. The lowest BCUT2D eigenvalue weighted by Crippen LogP contribution is -2.13. The second kappa shape index (κ2) is 8.91. The summed E-state index contributed by atoms with van der Waals surface area (Å²) in [4.78, 5) is 2.14. The monoisotopic (exact) mass is 415 g/mol. The molecule has 0 bridgehead atoms. The summed E-state index contributed by atoms with van der Waals surface area (Å²) in [6.45, 7) is 2.87. The molecule has 0 saturated heterocycles. The van der Waals surface area contributed by atoms with Crippen LogP contribution >= 0.6 is 11.6 Å². The number of hydrogen-bond acceptors (Lipinski definition) is 2. The second-order valence-corrected chi connectivity index (χ2v) is 8.29. The van der Waals surface area contributed by atoms with Gasteiger partial charge in [-0.3, -0.25) is 0 Å². The fraction of sp³-hybridized carbons (Fsp3) is 0.185. The van der Waals surface area contributed by atoms with Crippen molar-refractivity contribution in [1.29, 1.82) is 0 Å². The number of aryl methyl sites for hydroxylation is 1. The third-order valence-corrected chi connectivity index (χ3v) is 5.72. The zero-order valence-electron chi connectivity index (χ0n) is 17.6. The Balaban J connectivity index is 1.97. The predicted molar refractivity (Wildman–Crippen MR) is 126 cm³/mol. The standard InChI is InChI=1S/C27H26ClNO/c1-19-13-15-21(16-14-19)27-26(28)23(17-18-29(2)3)25(20-9-5-4-6-10-20)22-11-7-8-12-24(22)30-27/h4-17,25H,18H2,1-3H3/t25-/m0/s1. The van der Waals surface area contributed by atoms with Crippen molar-refractivity contribution in [3.63, 3.8) is 0 Å². The maximum absolute atomic E-state index is 7.11. The van der Waals surface area contributed by atoms with Crippen molar-refractivity contribution in [2.75, 3.05) is 20.6 Å². The minimum absolute atomic E-state index is 0.00204. The van der Waals surface area contributed by atoms with Gasteiger partial charge in [0.2, 0.25) is 0 Å². The number of para-hydroxylation sites is 1. The van der Waals surface area contributed by atoms with Crippen LogP contribution in [-0.4, -0.2) is 25.5 Å². The summed E-state index contributed by atoms with van der Waals surface area (Å²) in [7, 11) is 4.13. The van der Waals surface area contributed by atoms with E-state index in [-0.39, 0.29) is 5.92 Å². The summed E-state index contributed by atoms with van der Waals surface area (Å²) >= 11 is 7.11. The van der Waals surface area contributed by atoms with E-state index in [0.717, 1.165) is 29.0 Å².